The normalized spacial score (nSPS) is 10.4. The molecule has 0 unspecified atom stereocenters. The van der Waals surface area contributed by atoms with Gasteiger partial charge in [0, 0.05) is 0 Å². The van der Waals surface area contributed by atoms with Crippen molar-refractivity contribution < 1.29 is 14.3 Å². The third-order valence-electron chi connectivity index (χ3n) is 2.97. The number of rotatable bonds is 5. The summed E-state index contributed by atoms with van der Waals surface area (Å²) < 4.78 is 12.1. The van der Waals surface area contributed by atoms with Gasteiger partial charge in [0.25, 0.3) is 0 Å². The van der Waals surface area contributed by atoms with Crippen molar-refractivity contribution in [1.29, 1.82) is 5.26 Å². The fourth-order valence-corrected chi connectivity index (χ4v) is 4.02. The van der Waals surface area contributed by atoms with E-state index in [4.69, 9.17) is 9.47 Å². The predicted molar refractivity (Wildman–Crippen MR) is 87.8 cm³/mol. The van der Waals surface area contributed by atoms with Gasteiger partial charge in [0.2, 0.25) is 0 Å². The first-order valence-corrected chi connectivity index (χ1v) is 9.03. The number of nitrogens with zero attached hydrogens (tertiary/aromatic N) is 2. The molecule has 2 rings (SSSR count). The number of ether oxygens (including phenoxy) is 2. The number of esters is 1. The van der Waals surface area contributed by atoms with Gasteiger partial charge in [0.15, 0.2) is 0 Å². The molecule has 0 spiro atoms. The Morgan fingerprint density at radius 3 is 2.78 bits per heavy atom. The molecule has 0 saturated heterocycles. The fraction of sp³-hybridized carbons (Fsp3) is 0.353. The van der Waals surface area contributed by atoms with Crippen LogP contribution in [0.2, 0.25) is 0 Å². The summed E-state index contributed by atoms with van der Waals surface area (Å²) in [6, 6.07) is 7.57. The second-order valence-electron chi connectivity index (χ2n) is 5.14. The SMILES string of the molecule is CCOC(=O)c1[se]c(-c2ccc(OC(C)C)c(C#N)c2)nc1C. The summed E-state index contributed by atoms with van der Waals surface area (Å²) >= 11 is -0.219. The average molecular weight is 377 g/mol. The molecule has 1 heterocycles. The van der Waals surface area contributed by atoms with Crippen molar-refractivity contribution in [2.45, 2.75) is 33.8 Å². The molecule has 5 nitrogen and oxygen atoms in total. The Hall–Kier alpha value is -2.09. The quantitative estimate of drug-likeness (QED) is 0.592. The van der Waals surface area contributed by atoms with Gasteiger partial charge in [-0.25, -0.2) is 0 Å². The minimum atomic E-state index is -0.302. The van der Waals surface area contributed by atoms with Crippen LogP contribution < -0.4 is 4.74 Å². The third kappa shape index (κ3) is 4.01. The maximum atomic E-state index is 11.9. The molecule has 0 aliphatic rings. The van der Waals surface area contributed by atoms with Gasteiger partial charge >= 0.3 is 141 Å². The minimum absolute atomic E-state index is 0.000294. The number of hydrogen-bond acceptors (Lipinski definition) is 5. The van der Waals surface area contributed by atoms with Crippen LogP contribution in [0.25, 0.3) is 10.1 Å². The van der Waals surface area contributed by atoms with Gasteiger partial charge in [0.1, 0.15) is 0 Å². The van der Waals surface area contributed by atoms with Crippen molar-refractivity contribution in [3.8, 4) is 22.0 Å². The molecule has 0 bridgehead atoms. The molecule has 0 amide bonds. The molecule has 23 heavy (non-hydrogen) atoms. The number of hydrogen-bond donors (Lipinski definition) is 0. The van der Waals surface area contributed by atoms with E-state index in [1.807, 2.05) is 26.8 Å². The van der Waals surface area contributed by atoms with Crippen LogP contribution in [-0.4, -0.2) is 38.2 Å². The zero-order chi connectivity index (χ0) is 17.0. The van der Waals surface area contributed by atoms with Gasteiger partial charge in [-0.15, -0.1) is 0 Å². The first-order chi connectivity index (χ1) is 11.0. The van der Waals surface area contributed by atoms with Gasteiger partial charge in [0.05, 0.1) is 0 Å². The summed E-state index contributed by atoms with van der Waals surface area (Å²) in [5, 5.41) is 9.31. The van der Waals surface area contributed by atoms with Crippen LogP contribution in [0.5, 0.6) is 5.75 Å². The van der Waals surface area contributed by atoms with E-state index < -0.39 is 0 Å². The van der Waals surface area contributed by atoms with Gasteiger partial charge in [-0.05, 0) is 0 Å². The molecule has 0 fully saturated rings. The Balaban J connectivity index is 2.38. The summed E-state index contributed by atoms with van der Waals surface area (Å²) in [5.41, 5.74) is 2.01. The van der Waals surface area contributed by atoms with E-state index in [2.05, 4.69) is 11.1 Å². The number of carbonyl (C=O) groups excluding carboxylic acids is 1. The average Bonchev–Trinajstić information content (AvgIpc) is 2.89. The van der Waals surface area contributed by atoms with Crippen molar-refractivity contribution in [3.63, 3.8) is 0 Å². The van der Waals surface area contributed by atoms with Crippen LogP contribution in [0.15, 0.2) is 18.2 Å². The summed E-state index contributed by atoms with van der Waals surface area (Å²) in [7, 11) is 0. The molecule has 0 atom stereocenters. The van der Waals surface area contributed by atoms with E-state index in [-0.39, 0.29) is 26.6 Å². The predicted octanol–water partition coefficient (Wildman–Crippen LogP) is 2.95. The van der Waals surface area contributed by atoms with Crippen LogP contribution >= 0.6 is 0 Å². The van der Waals surface area contributed by atoms with Crippen molar-refractivity contribution in [1.82, 2.24) is 4.98 Å². The second kappa shape index (κ2) is 7.45. The molecule has 0 N–H and O–H groups in total. The van der Waals surface area contributed by atoms with Gasteiger partial charge < -0.3 is 0 Å². The molecule has 0 radical (unpaired) electrons. The van der Waals surface area contributed by atoms with E-state index in [9.17, 15) is 10.1 Å². The molecule has 120 valence electrons. The van der Waals surface area contributed by atoms with Crippen molar-refractivity contribution >= 4 is 20.5 Å². The molecule has 1 aromatic heterocycles. The van der Waals surface area contributed by atoms with Crippen LogP contribution in [0.4, 0.5) is 0 Å². The molecule has 2 aromatic rings. The van der Waals surface area contributed by atoms with E-state index in [1.165, 1.54) is 0 Å². The third-order valence-corrected chi connectivity index (χ3v) is 5.46. The summed E-state index contributed by atoms with van der Waals surface area (Å²) in [6.45, 7) is 7.77. The zero-order valence-electron chi connectivity index (χ0n) is 13.5. The standard InChI is InChI=1S/C17H18N2O3Se/c1-5-21-17(20)15-11(4)19-16(23-15)12-6-7-14(22-10(2)3)13(8-12)9-18/h6-8,10H,5H2,1-4H3. The van der Waals surface area contributed by atoms with E-state index in [0.29, 0.717) is 28.1 Å². The summed E-state index contributed by atoms with van der Waals surface area (Å²) in [4.78, 5) is 16.4. The van der Waals surface area contributed by atoms with Gasteiger partial charge in [-0.2, -0.15) is 0 Å². The number of carbonyl (C=O) groups is 1. The van der Waals surface area contributed by atoms with Crippen LogP contribution in [0.3, 0.4) is 0 Å². The number of aryl methyl sites for hydroxylation is 1. The fourth-order valence-electron chi connectivity index (χ4n) is 2.01. The maximum absolute atomic E-state index is 11.9. The van der Waals surface area contributed by atoms with Crippen LogP contribution in [0.1, 0.15) is 41.3 Å². The Bertz CT molecular complexity index is 760. The molecular weight excluding hydrogens is 359 g/mol. The molecule has 1 aromatic carbocycles. The Morgan fingerprint density at radius 1 is 1.43 bits per heavy atom. The Morgan fingerprint density at radius 2 is 2.17 bits per heavy atom. The monoisotopic (exact) mass is 378 g/mol. The summed E-state index contributed by atoms with van der Waals surface area (Å²) in [6.07, 6.45) is 0.000294. The van der Waals surface area contributed by atoms with Crippen molar-refractivity contribution in [2.75, 3.05) is 6.61 Å². The molecule has 0 aliphatic heterocycles. The topological polar surface area (TPSA) is 72.2 Å². The summed E-state index contributed by atoms with van der Waals surface area (Å²) in [5.74, 6) is 0.261. The van der Waals surface area contributed by atoms with E-state index in [1.54, 1.807) is 19.1 Å². The molecular formula is C17H18N2O3Se. The van der Waals surface area contributed by atoms with Crippen molar-refractivity contribution in [3.05, 3.63) is 33.9 Å². The molecule has 6 heteroatoms. The van der Waals surface area contributed by atoms with Crippen LogP contribution in [0, 0.1) is 18.3 Å². The second-order valence-corrected chi connectivity index (χ2v) is 7.24. The zero-order valence-corrected chi connectivity index (χ0v) is 15.3. The van der Waals surface area contributed by atoms with Crippen LogP contribution in [-0.2, 0) is 4.74 Å². The molecule has 0 aliphatic carbocycles. The van der Waals surface area contributed by atoms with E-state index in [0.717, 1.165) is 10.1 Å². The van der Waals surface area contributed by atoms with Gasteiger partial charge in [-0.3, -0.25) is 0 Å². The first kappa shape index (κ1) is 17.3. The number of nitriles is 1. The molecule has 0 saturated carbocycles. The Kier molecular flexibility index (Phi) is 5.59. The van der Waals surface area contributed by atoms with Crippen molar-refractivity contribution in [2.24, 2.45) is 0 Å². The number of benzene rings is 1. The Labute approximate surface area is 141 Å². The van der Waals surface area contributed by atoms with Gasteiger partial charge in [-0.1, -0.05) is 0 Å². The first-order valence-electron chi connectivity index (χ1n) is 7.32. The van der Waals surface area contributed by atoms with E-state index >= 15 is 0 Å². The number of aromatic nitrogens is 1.